The summed E-state index contributed by atoms with van der Waals surface area (Å²) >= 11 is 3.35. The standard InChI is InChI=1S/C11H17BrN4/c1-7-3-4-16(8(2)5-7)11-14-9(12)6-10(13)15-11/h6-8H,3-5H2,1-2H3,(H2,13,14,15). The second-order valence-corrected chi connectivity index (χ2v) is 5.40. The number of nitrogen functional groups attached to an aromatic ring is 1. The van der Waals surface area contributed by atoms with Crippen LogP contribution in [0.5, 0.6) is 0 Å². The van der Waals surface area contributed by atoms with Crippen molar-refractivity contribution in [3.8, 4) is 0 Å². The Bertz CT molecular complexity index is 362. The molecule has 4 nitrogen and oxygen atoms in total. The quantitative estimate of drug-likeness (QED) is 0.805. The van der Waals surface area contributed by atoms with E-state index in [2.05, 4.69) is 44.6 Å². The van der Waals surface area contributed by atoms with Gasteiger partial charge in [0.05, 0.1) is 0 Å². The van der Waals surface area contributed by atoms with Gasteiger partial charge in [0, 0.05) is 18.7 Å². The van der Waals surface area contributed by atoms with Crippen LogP contribution in [0.2, 0.25) is 0 Å². The van der Waals surface area contributed by atoms with Crippen LogP contribution in [-0.2, 0) is 0 Å². The molecule has 0 aliphatic carbocycles. The van der Waals surface area contributed by atoms with Crippen LogP contribution in [0.3, 0.4) is 0 Å². The van der Waals surface area contributed by atoms with E-state index in [9.17, 15) is 0 Å². The minimum Gasteiger partial charge on any atom is -0.383 e. The van der Waals surface area contributed by atoms with Crippen molar-refractivity contribution in [1.82, 2.24) is 9.97 Å². The Balaban J connectivity index is 2.23. The molecule has 1 aliphatic rings. The van der Waals surface area contributed by atoms with E-state index in [1.54, 1.807) is 6.07 Å². The third-order valence-electron chi connectivity index (χ3n) is 3.10. The first kappa shape index (κ1) is 11.6. The van der Waals surface area contributed by atoms with Crippen molar-refractivity contribution in [2.45, 2.75) is 32.7 Å². The Labute approximate surface area is 104 Å². The van der Waals surface area contributed by atoms with Crippen molar-refractivity contribution >= 4 is 27.7 Å². The lowest BCUT2D eigenvalue weighted by Gasteiger charge is -2.36. The highest BCUT2D eigenvalue weighted by Crippen LogP contribution is 2.26. The van der Waals surface area contributed by atoms with Crippen LogP contribution >= 0.6 is 15.9 Å². The summed E-state index contributed by atoms with van der Waals surface area (Å²) in [5.41, 5.74) is 5.73. The minimum atomic E-state index is 0.484. The Morgan fingerprint density at radius 2 is 2.19 bits per heavy atom. The fraction of sp³-hybridized carbons (Fsp3) is 0.636. The van der Waals surface area contributed by atoms with E-state index in [0.717, 1.165) is 23.0 Å². The minimum absolute atomic E-state index is 0.484. The molecule has 0 radical (unpaired) electrons. The van der Waals surface area contributed by atoms with Crippen LogP contribution < -0.4 is 10.6 Å². The number of hydrogen-bond acceptors (Lipinski definition) is 4. The van der Waals surface area contributed by atoms with Gasteiger partial charge in [-0.3, -0.25) is 0 Å². The van der Waals surface area contributed by atoms with Crippen molar-refractivity contribution in [3.05, 3.63) is 10.7 Å². The zero-order valence-corrected chi connectivity index (χ0v) is 11.2. The Morgan fingerprint density at radius 3 is 2.81 bits per heavy atom. The van der Waals surface area contributed by atoms with Gasteiger partial charge in [0.1, 0.15) is 10.4 Å². The second-order valence-electron chi connectivity index (χ2n) is 4.59. The van der Waals surface area contributed by atoms with E-state index in [0.29, 0.717) is 11.9 Å². The van der Waals surface area contributed by atoms with E-state index >= 15 is 0 Å². The number of nitrogens with two attached hydrogens (primary N) is 1. The zero-order chi connectivity index (χ0) is 11.7. The van der Waals surface area contributed by atoms with Gasteiger partial charge in [-0.1, -0.05) is 6.92 Å². The number of nitrogens with zero attached hydrogens (tertiary/aromatic N) is 3. The van der Waals surface area contributed by atoms with Crippen molar-refractivity contribution < 1.29 is 0 Å². The number of anilines is 2. The van der Waals surface area contributed by atoms with Gasteiger partial charge in [0.15, 0.2) is 0 Å². The summed E-state index contributed by atoms with van der Waals surface area (Å²) in [5.74, 6) is 2.05. The molecule has 5 heteroatoms. The highest BCUT2D eigenvalue weighted by Gasteiger charge is 2.25. The molecule has 0 amide bonds. The van der Waals surface area contributed by atoms with Gasteiger partial charge in [-0.15, -0.1) is 0 Å². The van der Waals surface area contributed by atoms with E-state index in [4.69, 9.17) is 5.73 Å². The molecule has 0 bridgehead atoms. The molecule has 0 saturated carbocycles. The lowest BCUT2D eigenvalue weighted by Crippen LogP contribution is -2.41. The summed E-state index contributed by atoms with van der Waals surface area (Å²) in [4.78, 5) is 10.9. The zero-order valence-electron chi connectivity index (χ0n) is 9.65. The van der Waals surface area contributed by atoms with Crippen molar-refractivity contribution in [3.63, 3.8) is 0 Å². The molecule has 16 heavy (non-hydrogen) atoms. The smallest absolute Gasteiger partial charge is 0.228 e. The average molecular weight is 285 g/mol. The van der Waals surface area contributed by atoms with Gasteiger partial charge >= 0.3 is 0 Å². The SMILES string of the molecule is CC1CCN(c2nc(N)cc(Br)n2)C(C)C1. The molecule has 1 aromatic rings. The Morgan fingerprint density at radius 1 is 1.44 bits per heavy atom. The second kappa shape index (κ2) is 4.57. The maximum Gasteiger partial charge on any atom is 0.228 e. The number of aromatic nitrogens is 2. The Kier molecular flexibility index (Phi) is 3.33. The van der Waals surface area contributed by atoms with Crippen LogP contribution in [-0.4, -0.2) is 22.6 Å². The van der Waals surface area contributed by atoms with Crippen molar-refractivity contribution in [2.24, 2.45) is 5.92 Å². The molecule has 1 aliphatic heterocycles. The molecule has 2 heterocycles. The number of hydrogen-bond donors (Lipinski definition) is 1. The topological polar surface area (TPSA) is 55.0 Å². The first-order chi connectivity index (χ1) is 7.56. The normalized spacial score (nSPS) is 25.8. The molecule has 2 N–H and O–H groups in total. The van der Waals surface area contributed by atoms with E-state index in [-0.39, 0.29) is 0 Å². The molecule has 2 atom stereocenters. The summed E-state index contributed by atoms with van der Waals surface area (Å²) < 4.78 is 0.751. The summed E-state index contributed by atoms with van der Waals surface area (Å²) in [6, 6.07) is 2.21. The predicted molar refractivity (Wildman–Crippen MR) is 69.4 cm³/mol. The third-order valence-corrected chi connectivity index (χ3v) is 3.50. The first-order valence-corrected chi connectivity index (χ1v) is 6.42. The summed E-state index contributed by atoms with van der Waals surface area (Å²) in [5, 5.41) is 0. The lowest BCUT2D eigenvalue weighted by molar-refractivity contribution is 0.374. The molecule has 2 rings (SSSR count). The van der Waals surface area contributed by atoms with Crippen LogP contribution in [0.25, 0.3) is 0 Å². The average Bonchev–Trinajstić information content (AvgIpc) is 2.15. The third kappa shape index (κ3) is 2.45. The first-order valence-electron chi connectivity index (χ1n) is 5.63. The Hall–Kier alpha value is -0.840. The van der Waals surface area contributed by atoms with Gasteiger partial charge < -0.3 is 10.6 Å². The largest absolute Gasteiger partial charge is 0.383 e. The monoisotopic (exact) mass is 284 g/mol. The molecule has 88 valence electrons. The molecular formula is C11H17BrN4. The molecule has 0 aromatic carbocycles. The van der Waals surface area contributed by atoms with E-state index in [1.165, 1.54) is 12.8 Å². The highest BCUT2D eigenvalue weighted by atomic mass is 79.9. The summed E-state index contributed by atoms with van der Waals surface area (Å²) in [6.07, 6.45) is 2.38. The molecular weight excluding hydrogens is 268 g/mol. The van der Waals surface area contributed by atoms with Gasteiger partial charge in [-0.2, -0.15) is 4.98 Å². The highest BCUT2D eigenvalue weighted by molar-refractivity contribution is 9.10. The molecule has 1 fully saturated rings. The van der Waals surface area contributed by atoms with Crippen molar-refractivity contribution in [2.75, 3.05) is 17.2 Å². The number of halogens is 1. The van der Waals surface area contributed by atoms with Gasteiger partial charge in [0.2, 0.25) is 5.95 Å². The number of rotatable bonds is 1. The maximum atomic E-state index is 5.73. The van der Waals surface area contributed by atoms with Gasteiger partial charge in [0.25, 0.3) is 0 Å². The fourth-order valence-corrected chi connectivity index (χ4v) is 2.65. The number of piperidine rings is 1. The van der Waals surface area contributed by atoms with Crippen LogP contribution in [0, 0.1) is 5.92 Å². The summed E-state index contributed by atoms with van der Waals surface area (Å²) in [7, 11) is 0. The van der Waals surface area contributed by atoms with Gasteiger partial charge in [-0.25, -0.2) is 4.98 Å². The predicted octanol–water partition coefficient (Wildman–Crippen LogP) is 2.45. The lowest BCUT2D eigenvalue weighted by atomic mass is 9.94. The molecule has 1 saturated heterocycles. The van der Waals surface area contributed by atoms with E-state index < -0.39 is 0 Å². The molecule has 2 unspecified atom stereocenters. The van der Waals surface area contributed by atoms with E-state index in [1.807, 2.05) is 0 Å². The van der Waals surface area contributed by atoms with Gasteiger partial charge in [-0.05, 0) is 41.6 Å². The van der Waals surface area contributed by atoms with Crippen molar-refractivity contribution in [1.29, 1.82) is 0 Å². The fourth-order valence-electron chi connectivity index (χ4n) is 2.26. The summed E-state index contributed by atoms with van der Waals surface area (Å²) in [6.45, 7) is 5.53. The maximum absolute atomic E-state index is 5.73. The van der Waals surface area contributed by atoms with Crippen LogP contribution in [0.4, 0.5) is 11.8 Å². The van der Waals surface area contributed by atoms with Crippen LogP contribution in [0.1, 0.15) is 26.7 Å². The molecule has 0 spiro atoms. The van der Waals surface area contributed by atoms with Crippen LogP contribution in [0.15, 0.2) is 10.7 Å². The molecule has 1 aromatic heterocycles.